The van der Waals surface area contributed by atoms with Crippen LogP contribution in [0.25, 0.3) is 50.8 Å². The molecular formula is C47H37N3. The van der Waals surface area contributed by atoms with E-state index >= 15 is 0 Å². The standard InChI is InChI=1S/C47H37N3/c1-4-14-32(15-5-1)42-30-37(31-43(48-42)33-16-6-2-7-17-33)50-45-23-13-11-21-39(45)41-29-35(25-27-47(41)50)34-24-26-46-40(28-34)38-20-10-12-22-44(38)49(46)36-18-8-3-9-19-36/h1-11,13-21,23-26,28-31,39,45,47H,12,22,27H2. The molecule has 6 aromatic rings. The maximum Gasteiger partial charge on any atom is 0.0730 e. The van der Waals surface area contributed by atoms with E-state index in [-0.39, 0.29) is 12.1 Å². The quantitative estimate of drug-likeness (QED) is 0.186. The van der Waals surface area contributed by atoms with Gasteiger partial charge < -0.3 is 9.47 Å². The summed E-state index contributed by atoms with van der Waals surface area (Å²) in [7, 11) is 0. The van der Waals surface area contributed by atoms with Crippen LogP contribution in [0, 0.1) is 5.92 Å². The van der Waals surface area contributed by atoms with Crippen LogP contribution in [0.15, 0.2) is 169 Å². The minimum atomic E-state index is 0.248. The Morgan fingerprint density at radius 2 is 1.36 bits per heavy atom. The van der Waals surface area contributed by atoms with Crippen molar-refractivity contribution >= 4 is 28.2 Å². The third kappa shape index (κ3) is 4.76. The van der Waals surface area contributed by atoms with Crippen molar-refractivity contribution in [1.29, 1.82) is 0 Å². The van der Waals surface area contributed by atoms with Gasteiger partial charge in [-0.3, -0.25) is 0 Å². The number of fused-ring (bicyclic) bond motifs is 6. The molecule has 0 saturated carbocycles. The Bertz CT molecular complexity index is 2350. The number of nitrogens with zero attached hydrogens (tertiary/aromatic N) is 3. The lowest BCUT2D eigenvalue weighted by molar-refractivity contribution is 0.673. The number of para-hydroxylation sites is 1. The van der Waals surface area contributed by atoms with Gasteiger partial charge in [0.1, 0.15) is 0 Å². The first-order valence-corrected chi connectivity index (χ1v) is 17.9. The van der Waals surface area contributed by atoms with Crippen LogP contribution in [0.5, 0.6) is 0 Å². The van der Waals surface area contributed by atoms with Gasteiger partial charge in [0.2, 0.25) is 0 Å². The molecular weight excluding hydrogens is 607 g/mol. The van der Waals surface area contributed by atoms with Crippen molar-refractivity contribution in [1.82, 2.24) is 9.55 Å². The van der Waals surface area contributed by atoms with Crippen LogP contribution in [-0.2, 0) is 6.42 Å². The van der Waals surface area contributed by atoms with Gasteiger partial charge in [0, 0.05) is 45.1 Å². The molecule has 3 atom stereocenters. The highest BCUT2D eigenvalue weighted by molar-refractivity contribution is 5.96. The third-order valence-corrected chi connectivity index (χ3v) is 11.0. The monoisotopic (exact) mass is 643 g/mol. The highest BCUT2D eigenvalue weighted by Gasteiger charge is 2.44. The van der Waals surface area contributed by atoms with Gasteiger partial charge in [-0.2, -0.15) is 0 Å². The zero-order valence-corrected chi connectivity index (χ0v) is 27.9. The molecule has 0 amide bonds. The molecule has 0 spiro atoms. The molecule has 4 aliphatic rings. The lowest BCUT2D eigenvalue weighted by Gasteiger charge is -2.33. The number of aromatic nitrogens is 2. The Labute approximate surface area is 293 Å². The normalized spacial score (nSPS) is 20.3. The number of anilines is 1. The number of benzene rings is 4. The molecule has 3 heteroatoms. The third-order valence-electron chi connectivity index (χ3n) is 11.0. The second kappa shape index (κ2) is 11.9. The molecule has 1 fully saturated rings. The Morgan fingerprint density at radius 1 is 0.660 bits per heavy atom. The molecule has 1 aliphatic heterocycles. The maximum absolute atomic E-state index is 5.19. The van der Waals surface area contributed by atoms with Crippen molar-refractivity contribution in [2.24, 2.45) is 5.92 Å². The molecule has 3 unspecified atom stereocenters. The number of hydrogen-bond acceptors (Lipinski definition) is 2. The molecule has 0 radical (unpaired) electrons. The van der Waals surface area contributed by atoms with Crippen LogP contribution >= 0.6 is 0 Å². The summed E-state index contributed by atoms with van der Waals surface area (Å²) in [5, 5.41) is 1.34. The molecule has 3 nitrogen and oxygen atoms in total. The van der Waals surface area contributed by atoms with Gasteiger partial charge in [-0.15, -0.1) is 0 Å². The van der Waals surface area contributed by atoms with Crippen LogP contribution in [-0.4, -0.2) is 21.6 Å². The fourth-order valence-corrected chi connectivity index (χ4v) is 8.68. The fourth-order valence-electron chi connectivity index (χ4n) is 8.68. The van der Waals surface area contributed by atoms with Gasteiger partial charge >= 0.3 is 0 Å². The van der Waals surface area contributed by atoms with Crippen molar-refractivity contribution in [2.45, 2.75) is 31.3 Å². The molecule has 1 saturated heterocycles. The van der Waals surface area contributed by atoms with Gasteiger partial charge in [-0.05, 0) is 72.4 Å². The first-order valence-electron chi connectivity index (χ1n) is 17.9. The average molecular weight is 644 g/mol. The Kier molecular flexibility index (Phi) is 6.90. The lowest BCUT2D eigenvalue weighted by Crippen LogP contribution is -2.37. The van der Waals surface area contributed by atoms with Crippen molar-refractivity contribution in [2.75, 3.05) is 4.90 Å². The van der Waals surface area contributed by atoms with Crippen LogP contribution in [0.3, 0.4) is 0 Å². The summed E-state index contributed by atoms with van der Waals surface area (Å²) in [5.74, 6) is 0.320. The molecule has 50 heavy (non-hydrogen) atoms. The van der Waals surface area contributed by atoms with E-state index in [0.29, 0.717) is 5.92 Å². The number of hydrogen-bond donors (Lipinski definition) is 0. The highest BCUT2D eigenvalue weighted by Crippen LogP contribution is 2.47. The van der Waals surface area contributed by atoms with E-state index in [1.54, 1.807) is 0 Å². The largest absolute Gasteiger partial charge is 0.357 e. The molecule has 240 valence electrons. The van der Waals surface area contributed by atoms with Crippen molar-refractivity contribution < 1.29 is 0 Å². The number of allylic oxidation sites excluding steroid dienone is 5. The van der Waals surface area contributed by atoms with E-state index in [2.05, 4.69) is 179 Å². The fraction of sp³-hybridized carbons (Fsp3) is 0.128. The molecule has 4 aromatic carbocycles. The van der Waals surface area contributed by atoms with E-state index in [1.165, 1.54) is 50.2 Å². The second-order valence-electron chi connectivity index (χ2n) is 13.8. The lowest BCUT2D eigenvalue weighted by atomic mass is 9.84. The van der Waals surface area contributed by atoms with Gasteiger partial charge in [0.15, 0.2) is 0 Å². The summed E-state index contributed by atoms with van der Waals surface area (Å²) >= 11 is 0. The average Bonchev–Trinajstić information content (AvgIpc) is 3.71. The summed E-state index contributed by atoms with van der Waals surface area (Å²) < 4.78 is 2.47. The molecule has 3 heterocycles. The van der Waals surface area contributed by atoms with Gasteiger partial charge in [-0.25, -0.2) is 4.98 Å². The van der Waals surface area contributed by atoms with Gasteiger partial charge in [-0.1, -0.05) is 134 Å². The van der Waals surface area contributed by atoms with Crippen LogP contribution in [0.1, 0.15) is 29.7 Å². The van der Waals surface area contributed by atoms with Gasteiger partial charge in [0.25, 0.3) is 0 Å². The Hall–Kier alpha value is -5.93. The van der Waals surface area contributed by atoms with Crippen LogP contribution in [0.4, 0.5) is 5.69 Å². The van der Waals surface area contributed by atoms with E-state index in [9.17, 15) is 0 Å². The summed E-state index contributed by atoms with van der Waals surface area (Å²) in [6.07, 6.45) is 22.0. The molecule has 3 aliphatic carbocycles. The van der Waals surface area contributed by atoms with Crippen LogP contribution < -0.4 is 4.90 Å². The summed E-state index contributed by atoms with van der Waals surface area (Å²) in [5.41, 5.74) is 14.9. The first kappa shape index (κ1) is 29.0. The van der Waals surface area contributed by atoms with Crippen molar-refractivity contribution in [3.05, 3.63) is 186 Å². The van der Waals surface area contributed by atoms with Crippen LogP contribution in [0.2, 0.25) is 0 Å². The van der Waals surface area contributed by atoms with E-state index < -0.39 is 0 Å². The molecule has 0 bridgehead atoms. The molecule has 0 N–H and O–H groups in total. The predicted octanol–water partition coefficient (Wildman–Crippen LogP) is 11.0. The zero-order valence-electron chi connectivity index (χ0n) is 27.9. The summed E-state index contributed by atoms with van der Waals surface area (Å²) in [6.45, 7) is 0. The SMILES string of the molecule is C1=CC2C3=CC(c4ccc5c(c4)c4c(n5-c5ccccc5)CCC=C4)=CCC3N(c3cc(-c4ccccc4)nc(-c4ccccc4)c3)C2C=C1. The molecule has 2 aromatic heterocycles. The molecule has 10 rings (SSSR count). The van der Waals surface area contributed by atoms with Gasteiger partial charge in [0.05, 0.1) is 29.0 Å². The van der Waals surface area contributed by atoms with Crippen molar-refractivity contribution in [3.8, 4) is 28.2 Å². The predicted molar refractivity (Wildman–Crippen MR) is 208 cm³/mol. The Balaban J connectivity index is 1.06. The van der Waals surface area contributed by atoms with E-state index in [0.717, 1.165) is 41.8 Å². The van der Waals surface area contributed by atoms with Crippen molar-refractivity contribution in [3.63, 3.8) is 0 Å². The minimum Gasteiger partial charge on any atom is -0.357 e. The Morgan fingerprint density at radius 3 is 2.10 bits per heavy atom. The minimum absolute atomic E-state index is 0.248. The second-order valence-corrected chi connectivity index (χ2v) is 13.8. The van der Waals surface area contributed by atoms with E-state index in [1.807, 2.05) is 0 Å². The smallest absolute Gasteiger partial charge is 0.0730 e. The topological polar surface area (TPSA) is 21.1 Å². The maximum atomic E-state index is 5.19. The highest BCUT2D eigenvalue weighted by atomic mass is 15.2. The summed E-state index contributed by atoms with van der Waals surface area (Å²) in [4.78, 5) is 7.85. The first-order chi connectivity index (χ1) is 24.8. The summed E-state index contributed by atoms with van der Waals surface area (Å²) in [6, 6.07) is 44.2. The van der Waals surface area contributed by atoms with E-state index in [4.69, 9.17) is 4.98 Å². The number of rotatable bonds is 5. The number of pyridine rings is 1. The zero-order chi connectivity index (χ0) is 33.0.